The first-order valence-corrected chi connectivity index (χ1v) is 8.51. The number of nitrogen functional groups attached to an aromatic ring is 1. The van der Waals surface area contributed by atoms with Gasteiger partial charge in [-0.3, -0.25) is 0 Å². The van der Waals surface area contributed by atoms with E-state index in [-0.39, 0.29) is 10.8 Å². The van der Waals surface area contributed by atoms with Crippen molar-refractivity contribution in [3.63, 3.8) is 0 Å². The third kappa shape index (κ3) is 3.15. The first kappa shape index (κ1) is 15.3. The number of hydrogen-bond acceptors (Lipinski definition) is 4. The molecular weight excluding hydrogens is 316 g/mol. The zero-order valence-corrected chi connectivity index (χ0v) is 13.5. The molecule has 0 spiro atoms. The van der Waals surface area contributed by atoms with Gasteiger partial charge in [-0.05, 0) is 36.2 Å². The summed E-state index contributed by atoms with van der Waals surface area (Å²) in [5.41, 5.74) is 7.92. The Morgan fingerprint density at radius 3 is 2.60 bits per heavy atom. The van der Waals surface area contributed by atoms with Crippen molar-refractivity contribution in [1.29, 1.82) is 0 Å². The summed E-state index contributed by atoms with van der Waals surface area (Å²) in [5.74, 6) is 0. The zero-order chi connectivity index (χ0) is 14.9. The van der Waals surface area contributed by atoms with E-state index >= 15 is 0 Å². The lowest BCUT2D eigenvalue weighted by atomic mass is 10.2. The summed E-state index contributed by atoms with van der Waals surface area (Å²) in [7, 11) is -1.98. The monoisotopic (exact) mass is 330 g/mol. The topological polar surface area (TPSA) is 63.4 Å². The van der Waals surface area contributed by atoms with Crippen molar-refractivity contribution in [1.82, 2.24) is 4.31 Å². The summed E-state index contributed by atoms with van der Waals surface area (Å²) in [6.45, 7) is 2.05. The molecule has 4 nitrogen and oxygen atoms in total. The molecule has 0 radical (unpaired) electrons. The summed E-state index contributed by atoms with van der Waals surface area (Å²) in [6, 6.07) is 8.77. The number of nitrogens with two attached hydrogens (primary N) is 1. The second-order valence-corrected chi connectivity index (χ2v) is 8.45. The van der Waals surface area contributed by atoms with Crippen molar-refractivity contribution in [3.8, 4) is 0 Å². The average Bonchev–Trinajstić information content (AvgIpc) is 2.70. The van der Waals surface area contributed by atoms with Crippen molar-refractivity contribution in [3.05, 3.63) is 45.8 Å². The fourth-order valence-electron chi connectivity index (χ4n) is 1.75. The number of sulfonamides is 1. The van der Waals surface area contributed by atoms with Gasteiger partial charge in [0.05, 0.1) is 4.34 Å². The number of aryl methyl sites for hydroxylation is 1. The van der Waals surface area contributed by atoms with Crippen LogP contribution in [0.2, 0.25) is 4.34 Å². The van der Waals surface area contributed by atoms with Crippen LogP contribution in [0.15, 0.2) is 34.5 Å². The molecule has 2 aromatic rings. The third-order valence-corrected chi connectivity index (χ3v) is 6.66. The van der Waals surface area contributed by atoms with Crippen LogP contribution in [0.5, 0.6) is 0 Å². The van der Waals surface area contributed by atoms with E-state index in [9.17, 15) is 8.42 Å². The van der Waals surface area contributed by atoms with Crippen LogP contribution < -0.4 is 5.73 Å². The molecule has 0 saturated carbocycles. The summed E-state index contributed by atoms with van der Waals surface area (Å²) in [6.07, 6.45) is 0. The minimum Gasteiger partial charge on any atom is -0.399 e. The standard InChI is InChI=1S/C13H15ClN2O2S2/c1-9-6-12(19-13(9)14)20(17,18)16(2)8-10-4-3-5-11(15)7-10/h3-7H,8,15H2,1-2H3. The quantitative estimate of drug-likeness (QED) is 0.876. The highest BCUT2D eigenvalue weighted by molar-refractivity contribution is 7.91. The maximum Gasteiger partial charge on any atom is 0.252 e. The molecule has 0 unspecified atom stereocenters. The highest BCUT2D eigenvalue weighted by Crippen LogP contribution is 2.32. The van der Waals surface area contributed by atoms with Crippen LogP contribution in [-0.2, 0) is 16.6 Å². The van der Waals surface area contributed by atoms with Gasteiger partial charge in [0.25, 0.3) is 10.0 Å². The molecule has 0 atom stereocenters. The number of thiophene rings is 1. The van der Waals surface area contributed by atoms with Crippen molar-refractivity contribution in [2.75, 3.05) is 12.8 Å². The van der Waals surface area contributed by atoms with Gasteiger partial charge in [0.15, 0.2) is 0 Å². The molecule has 2 N–H and O–H groups in total. The molecule has 108 valence electrons. The van der Waals surface area contributed by atoms with Crippen LogP contribution in [0, 0.1) is 6.92 Å². The van der Waals surface area contributed by atoms with Gasteiger partial charge >= 0.3 is 0 Å². The Balaban J connectivity index is 2.25. The molecule has 0 fully saturated rings. The van der Waals surface area contributed by atoms with E-state index in [0.717, 1.165) is 22.5 Å². The van der Waals surface area contributed by atoms with Gasteiger partial charge in [0, 0.05) is 19.3 Å². The Morgan fingerprint density at radius 1 is 1.35 bits per heavy atom. The number of benzene rings is 1. The molecule has 7 heteroatoms. The number of nitrogens with zero attached hydrogens (tertiary/aromatic N) is 1. The molecule has 0 aliphatic carbocycles. The smallest absolute Gasteiger partial charge is 0.252 e. The van der Waals surface area contributed by atoms with E-state index in [2.05, 4.69) is 0 Å². The first-order valence-electron chi connectivity index (χ1n) is 5.87. The molecule has 0 bridgehead atoms. The molecule has 2 rings (SSSR count). The highest BCUT2D eigenvalue weighted by atomic mass is 35.5. The van der Waals surface area contributed by atoms with Crippen LogP contribution in [0.3, 0.4) is 0 Å². The second kappa shape index (κ2) is 5.73. The van der Waals surface area contributed by atoms with Crippen LogP contribution >= 0.6 is 22.9 Å². The number of halogens is 1. The predicted molar refractivity (Wildman–Crippen MR) is 83.6 cm³/mol. The Kier molecular flexibility index (Phi) is 4.39. The van der Waals surface area contributed by atoms with Crippen LogP contribution in [0.4, 0.5) is 5.69 Å². The predicted octanol–water partition coefficient (Wildman–Crippen LogP) is 3.11. The summed E-state index contributed by atoms with van der Waals surface area (Å²) in [5, 5.41) is 0. The second-order valence-electron chi connectivity index (χ2n) is 4.53. The molecule has 1 heterocycles. The lowest BCUT2D eigenvalue weighted by Gasteiger charge is -2.16. The van der Waals surface area contributed by atoms with Crippen LogP contribution in [0.25, 0.3) is 0 Å². The molecular formula is C13H15ClN2O2S2. The summed E-state index contributed by atoms with van der Waals surface area (Å²) >= 11 is 7.01. The van der Waals surface area contributed by atoms with Gasteiger partial charge in [0.2, 0.25) is 0 Å². The van der Waals surface area contributed by atoms with E-state index in [4.69, 9.17) is 17.3 Å². The zero-order valence-electron chi connectivity index (χ0n) is 11.1. The third-order valence-electron chi connectivity index (χ3n) is 2.86. The molecule has 20 heavy (non-hydrogen) atoms. The molecule has 0 aliphatic heterocycles. The fraction of sp³-hybridized carbons (Fsp3) is 0.231. The normalized spacial score (nSPS) is 12.0. The largest absolute Gasteiger partial charge is 0.399 e. The molecule has 0 aliphatic rings. The van der Waals surface area contributed by atoms with Crippen molar-refractivity contribution in [2.24, 2.45) is 0 Å². The lowest BCUT2D eigenvalue weighted by molar-refractivity contribution is 0.468. The maximum atomic E-state index is 12.4. The van der Waals surface area contributed by atoms with Gasteiger partial charge < -0.3 is 5.73 Å². The molecule has 1 aromatic carbocycles. The Labute approximate surface area is 127 Å². The number of hydrogen-bond donors (Lipinski definition) is 1. The van der Waals surface area contributed by atoms with Crippen LogP contribution in [0.1, 0.15) is 11.1 Å². The Morgan fingerprint density at radius 2 is 2.05 bits per heavy atom. The van der Waals surface area contributed by atoms with Crippen molar-refractivity contribution in [2.45, 2.75) is 17.7 Å². The van der Waals surface area contributed by atoms with E-state index in [1.807, 2.05) is 6.07 Å². The minimum absolute atomic E-state index is 0.256. The number of anilines is 1. The lowest BCUT2D eigenvalue weighted by Crippen LogP contribution is -2.25. The first-order chi connectivity index (χ1) is 9.30. The van der Waals surface area contributed by atoms with E-state index in [1.54, 1.807) is 38.2 Å². The van der Waals surface area contributed by atoms with Gasteiger partial charge in [-0.2, -0.15) is 4.31 Å². The average molecular weight is 331 g/mol. The van der Waals surface area contributed by atoms with Gasteiger partial charge in [-0.15, -0.1) is 11.3 Å². The SMILES string of the molecule is Cc1cc(S(=O)(=O)N(C)Cc2cccc(N)c2)sc1Cl. The molecule has 0 amide bonds. The van der Waals surface area contributed by atoms with E-state index in [1.165, 1.54) is 4.31 Å². The Hall–Kier alpha value is -1.08. The maximum absolute atomic E-state index is 12.4. The Bertz CT molecular complexity index is 706. The van der Waals surface area contributed by atoms with E-state index < -0.39 is 10.0 Å². The van der Waals surface area contributed by atoms with Crippen LogP contribution in [-0.4, -0.2) is 19.8 Å². The van der Waals surface area contributed by atoms with Crippen molar-refractivity contribution >= 4 is 38.6 Å². The summed E-state index contributed by atoms with van der Waals surface area (Å²) in [4.78, 5) is 0. The van der Waals surface area contributed by atoms with Gasteiger partial charge in [0.1, 0.15) is 4.21 Å². The number of rotatable bonds is 4. The van der Waals surface area contributed by atoms with Gasteiger partial charge in [-0.25, -0.2) is 8.42 Å². The van der Waals surface area contributed by atoms with Crippen molar-refractivity contribution < 1.29 is 8.42 Å². The fourth-order valence-corrected chi connectivity index (χ4v) is 4.82. The van der Waals surface area contributed by atoms with Gasteiger partial charge in [-0.1, -0.05) is 23.7 Å². The molecule has 0 saturated heterocycles. The summed E-state index contributed by atoms with van der Waals surface area (Å²) < 4.78 is 26.9. The van der Waals surface area contributed by atoms with E-state index in [0.29, 0.717) is 10.0 Å². The minimum atomic E-state index is -3.53. The highest BCUT2D eigenvalue weighted by Gasteiger charge is 2.24. The molecule has 1 aromatic heterocycles.